The molecule has 1 heterocycles. The molecule has 0 bridgehead atoms. The van der Waals surface area contributed by atoms with Gasteiger partial charge in [0.15, 0.2) is 0 Å². The molecule has 0 unspecified atom stereocenters. The molecule has 0 radical (unpaired) electrons. The van der Waals surface area contributed by atoms with Crippen LogP contribution in [0.2, 0.25) is 0 Å². The Kier molecular flexibility index (Phi) is 8.55. The first-order valence-corrected chi connectivity index (χ1v) is 16.3. The molecule has 0 saturated carbocycles. The summed E-state index contributed by atoms with van der Waals surface area (Å²) in [6.07, 6.45) is 1.66. The van der Waals surface area contributed by atoms with Crippen LogP contribution in [0.3, 0.4) is 0 Å². The molecule has 0 amide bonds. The molecule has 4 nitrogen and oxygen atoms in total. The van der Waals surface area contributed by atoms with Gasteiger partial charge >= 0.3 is 0 Å². The Morgan fingerprint density at radius 2 is 0.542 bits per heavy atom. The smallest absolute Gasteiger partial charge is 0.116 e. The van der Waals surface area contributed by atoms with Crippen LogP contribution in [0, 0.1) is 27.7 Å². The third-order valence-corrected chi connectivity index (χ3v) is 8.68. The molecule has 0 aliphatic carbocycles. The molecule has 0 atom stereocenters. The maximum atomic E-state index is 4.65. The zero-order valence-corrected chi connectivity index (χ0v) is 27.8. The van der Waals surface area contributed by atoms with Gasteiger partial charge in [0.2, 0.25) is 0 Å². The van der Waals surface area contributed by atoms with Crippen LogP contribution in [0.15, 0.2) is 158 Å². The lowest BCUT2D eigenvalue weighted by Crippen LogP contribution is -2.10. The van der Waals surface area contributed by atoms with Crippen molar-refractivity contribution in [1.82, 2.24) is 9.97 Å². The third kappa shape index (κ3) is 6.60. The van der Waals surface area contributed by atoms with E-state index in [1.54, 1.807) is 6.33 Å². The summed E-state index contributed by atoms with van der Waals surface area (Å²) in [4.78, 5) is 13.9. The number of aryl methyl sites for hydroxylation is 4. The molecule has 48 heavy (non-hydrogen) atoms. The van der Waals surface area contributed by atoms with E-state index in [-0.39, 0.29) is 0 Å². The first-order valence-electron chi connectivity index (χ1n) is 16.3. The van der Waals surface area contributed by atoms with Crippen LogP contribution < -0.4 is 9.80 Å². The van der Waals surface area contributed by atoms with E-state index in [0.29, 0.717) is 0 Å². The molecule has 6 aromatic carbocycles. The molecule has 234 valence electrons. The van der Waals surface area contributed by atoms with Gasteiger partial charge in [0, 0.05) is 45.3 Å². The van der Waals surface area contributed by atoms with Gasteiger partial charge in [-0.15, -0.1) is 0 Å². The Morgan fingerprint density at radius 3 is 0.792 bits per heavy atom. The summed E-state index contributed by atoms with van der Waals surface area (Å²) in [6, 6.07) is 53.9. The Bertz CT molecular complexity index is 1870. The van der Waals surface area contributed by atoms with Gasteiger partial charge in [0.25, 0.3) is 0 Å². The minimum Gasteiger partial charge on any atom is -0.311 e. The number of nitrogens with zero attached hydrogens (tertiary/aromatic N) is 4. The number of anilines is 6. The summed E-state index contributed by atoms with van der Waals surface area (Å²) in [6.45, 7) is 8.46. The summed E-state index contributed by atoms with van der Waals surface area (Å²) in [7, 11) is 0. The summed E-state index contributed by atoms with van der Waals surface area (Å²) in [5, 5.41) is 0. The monoisotopic (exact) mass is 622 g/mol. The van der Waals surface area contributed by atoms with E-state index in [9.17, 15) is 0 Å². The van der Waals surface area contributed by atoms with Crippen molar-refractivity contribution in [2.24, 2.45) is 0 Å². The SMILES string of the molecule is Cc1ccc(N(c2ccc(C)cc2)c2ccc(-c3cc(-c4ccc(N(c5ccc(C)cc5)c5ccc(C)cc5)cc4)ncn3)cc2)cc1. The molecule has 0 aliphatic heterocycles. The number of aromatic nitrogens is 2. The molecular formula is C44H38N4. The number of hydrogen-bond donors (Lipinski definition) is 0. The van der Waals surface area contributed by atoms with Crippen LogP contribution in [0.1, 0.15) is 22.3 Å². The third-order valence-electron chi connectivity index (χ3n) is 8.68. The van der Waals surface area contributed by atoms with Crippen molar-refractivity contribution in [1.29, 1.82) is 0 Å². The molecule has 0 spiro atoms. The molecule has 0 N–H and O–H groups in total. The fourth-order valence-electron chi connectivity index (χ4n) is 5.91. The van der Waals surface area contributed by atoms with Gasteiger partial charge in [-0.2, -0.15) is 0 Å². The summed E-state index contributed by atoms with van der Waals surface area (Å²) in [5.74, 6) is 0. The largest absolute Gasteiger partial charge is 0.311 e. The van der Waals surface area contributed by atoms with Gasteiger partial charge in [-0.05, 0) is 107 Å². The molecule has 0 fully saturated rings. The number of benzene rings is 6. The van der Waals surface area contributed by atoms with Crippen molar-refractivity contribution >= 4 is 34.1 Å². The zero-order valence-electron chi connectivity index (χ0n) is 27.8. The Morgan fingerprint density at radius 1 is 0.312 bits per heavy atom. The van der Waals surface area contributed by atoms with Crippen molar-refractivity contribution < 1.29 is 0 Å². The van der Waals surface area contributed by atoms with Crippen LogP contribution >= 0.6 is 0 Å². The Balaban J connectivity index is 1.17. The summed E-state index contributed by atoms with van der Waals surface area (Å²) in [5.41, 5.74) is 15.4. The minimum atomic E-state index is 0.883. The highest BCUT2D eigenvalue weighted by molar-refractivity contribution is 5.80. The molecule has 1 aromatic heterocycles. The highest BCUT2D eigenvalue weighted by atomic mass is 15.1. The average Bonchev–Trinajstić information content (AvgIpc) is 3.12. The lowest BCUT2D eigenvalue weighted by Gasteiger charge is -2.26. The van der Waals surface area contributed by atoms with Gasteiger partial charge < -0.3 is 9.80 Å². The number of hydrogen-bond acceptors (Lipinski definition) is 4. The van der Waals surface area contributed by atoms with E-state index in [0.717, 1.165) is 56.6 Å². The topological polar surface area (TPSA) is 32.3 Å². The normalized spacial score (nSPS) is 10.9. The van der Waals surface area contributed by atoms with Crippen LogP contribution in [-0.4, -0.2) is 9.97 Å². The highest BCUT2D eigenvalue weighted by Crippen LogP contribution is 2.37. The van der Waals surface area contributed by atoms with Crippen molar-refractivity contribution in [3.05, 3.63) is 180 Å². The average molecular weight is 623 g/mol. The molecular weight excluding hydrogens is 585 g/mol. The first-order chi connectivity index (χ1) is 23.4. The van der Waals surface area contributed by atoms with Crippen LogP contribution in [0.4, 0.5) is 34.1 Å². The fraction of sp³-hybridized carbons (Fsp3) is 0.0909. The number of rotatable bonds is 8. The zero-order chi connectivity index (χ0) is 33.0. The second-order valence-corrected chi connectivity index (χ2v) is 12.4. The molecule has 4 heteroatoms. The van der Waals surface area contributed by atoms with E-state index in [4.69, 9.17) is 0 Å². The minimum absolute atomic E-state index is 0.883. The van der Waals surface area contributed by atoms with E-state index >= 15 is 0 Å². The molecule has 7 rings (SSSR count). The predicted octanol–water partition coefficient (Wildman–Crippen LogP) is 12.0. The lowest BCUT2D eigenvalue weighted by molar-refractivity contribution is 1.17. The second kappa shape index (κ2) is 13.4. The van der Waals surface area contributed by atoms with E-state index in [1.165, 1.54) is 22.3 Å². The van der Waals surface area contributed by atoms with Crippen molar-refractivity contribution in [2.45, 2.75) is 27.7 Å². The highest BCUT2D eigenvalue weighted by Gasteiger charge is 2.15. The molecule has 0 aliphatic rings. The van der Waals surface area contributed by atoms with Crippen molar-refractivity contribution in [2.75, 3.05) is 9.80 Å². The van der Waals surface area contributed by atoms with E-state index < -0.39 is 0 Å². The van der Waals surface area contributed by atoms with Crippen molar-refractivity contribution in [3.8, 4) is 22.5 Å². The first kappa shape index (κ1) is 30.6. The van der Waals surface area contributed by atoms with Crippen LogP contribution in [-0.2, 0) is 0 Å². The quantitative estimate of drug-likeness (QED) is 0.169. The van der Waals surface area contributed by atoms with Crippen molar-refractivity contribution in [3.63, 3.8) is 0 Å². The van der Waals surface area contributed by atoms with Gasteiger partial charge in [-0.1, -0.05) is 95.1 Å². The summed E-state index contributed by atoms with van der Waals surface area (Å²) >= 11 is 0. The Labute approximate surface area is 283 Å². The predicted molar refractivity (Wildman–Crippen MR) is 201 cm³/mol. The lowest BCUT2D eigenvalue weighted by atomic mass is 10.1. The summed E-state index contributed by atoms with van der Waals surface area (Å²) < 4.78 is 0. The van der Waals surface area contributed by atoms with Gasteiger partial charge in [0.05, 0.1) is 11.4 Å². The fourth-order valence-corrected chi connectivity index (χ4v) is 5.91. The van der Waals surface area contributed by atoms with Gasteiger partial charge in [-0.25, -0.2) is 9.97 Å². The maximum absolute atomic E-state index is 4.65. The standard InChI is InChI=1S/C44H38N4/c1-31-5-17-37(18-6-31)47(38-19-7-32(2)8-20-38)41-25-13-35(14-26-41)43-29-44(46-30-45-43)36-15-27-42(28-16-36)48(39-21-9-33(3)10-22-39)40-23-11-34(4)12-24-40/h5-30H,1-4H3. The molecule has 0 saturated heterocycles. The second-order valence-electron chi connectivity index (χ2n) is 12.4. The van der Waals surface area contributed by atoms with Crippen LogP contribution in [0.5, 0.6) is 0 Å². The molecule has 7 aromatic rings. The van der Waals surface area contributed by atoms with E-state index in [1.807, 2.05) is 0 Å². The maximum Gasteiger partial charge on any atom is 0.116 e. The van der Waals surface area contributed by atoms with Gasteiger partial charge in [-0.3, -0.25) is 0 Å². The Hall–Kier alpha value is -6.00. The van der Waals surface area contributed by atoms with Crippen LogP contribution in [0.25, 0.3) is 22.5 Å². The van der Waals surface area contributed by atoms with Gasteiger partial charge in [0.1, 0.15) is 6.33 Å². The van der Waals surface area contributed by atoms with E-state index in [2.05, 4.69) is 199 Å².